The lowest BCUT2D eigenvalue weighted by Crippen LogP contribution is -2.37. The minimum absolute atomic E-state index is 0.355. The summed E-state index contributed by atoms with van der Waals surface area (Å²) in [4.78, 5) is 33.5. The van der Waals surface area contributed by atoms with Crippen LogP contribution in [0.4, 0.5) is 0 Å². The molecule has 0 N–H and O–H groups in total. The van der Waals surface area contributed by atoms with E-state index in [4.69, 9.17) is 9.78 Å². The van der Waals surface area contributed by atoms with Gasteiger partial charge in [0.05, 0.1) is 27.3 Å². The van der Waals surface area contributed by atoms with Crippen LogP contribution < -0.4 is 10.4 Å². The van der Waals surface area contributed by atoms with Gasteiger partial charge in [-0.2, -0.15) is 0 Å². The summed E-state index contributed by atoms with van der Waals surface area (Å²) >= 11 is 0. The number of hydrogen-bond acceptors (Lipinski definition) is 4. The molecule has 0 spiro atoms. The van der Waals surface area contributed by atoms with Gasteiger partial charge in [0.2, 0.25) is 0 Å². The first-order valence-electron chi connectivity index (χ1n) is 8.63. The Hall–Kier alpha value is -2.19. The second kappa shape index (κ2) is 7.59. The third kappa shape index (κ3) is 5.16. The molecule has 138 valence electrons. The summed E-state index contributed by atoms with van der Waals surface area (Å²) in [5, 5.41) is 2.49. The SMILES string of the molecule is C[Si](C)(C)c1ccc(C(=O)OOC(=O)c2ccc([Si](C)(C)C)cc2)cc1. The number of carbonyl (C=O) groups is 2. The molecular weight excluding hydrogens is 360 g/mol. The lowest BCUT2D eigenvalue weighted by molar-refractivity contribution is -0.187. The third-order valence-corrected chi connectivity index (χ3v) is 8.30. The fraction of sp³-hybridized carbons (Fsp3) is 0.300. The predicted molar refractivity (Wildman–Crippen MR) is 110 cm³/mol. The Kier molecular flexibility index (Phi) is 5.88. The number of carbonyl (C=O) groups excluding carboxylic acids is 2. The molecule has 6 heteroatoms. The van der Waals surface area contributed by atoms with Gasteiger partial charge in [-0.15, -0.1) is 0 Å². The molecule has 0 saturated carbocycles. The van der Waals surface area contributed by atoms with Gasteiger partial charge in [-0.1, -0.05) is 73.9 Å². The van der Waals surface area contributed by atoms with Crippen LogP contribution in [0.1, 0.15) is 20.7 Å². The van der Waals surface area contributed by atoms with E-state index in [2.05, 4.69) is 39.3 Å². The van der Waals surface area contributed by atoms with Gasteiger partial charge < -0.3 is 0 Å². The second-order valence-corrected chi connectivity index (χ2v) is 18.6. The average Bonchev–Trinajstić information content (AvgIpc) is 2.58. The summed E-state index contributed by atoms with van der Waals surface area (Å²) in [6.45, 7) is 13.4. The minimum Gasteiger partial charge on any atom is -0.242 e. The van der Waals surface area contributed by atoms with Gasteiger partial charge in [0.25, 0.3) is 0 Å². The Bertz CT molecular complexity index is 713. The molecule has 2 rings (SSSR count). The molecule has 0 aliphatic carbocycles. The highest BCUT2D eigenvalue weighted by Crippen LogP contribution is 2.09. The number of benzene rings is 2. The van der Waals surface area contributed by atoms with Crippen LogP contribution in [-0.2, 0) is 9.78 Å². The van der Waals surface area contributed by atoms with Crippen molar-refractivity contribution in [2.75, 3.05) is 0 Å². The van der Waals surface area contributed by atoms with E-state index in [0.29, 0.717) is 11.1 Å². The van der Waals surface area contributed by atoms with E-state index in [1.807, 2.05) is 24.3 Å². The van der Waals surface area contributed by atoms with Crippen LogP contribution in [-0.4, -0.2) is 28.1 Å². The Morgan fingerprint density at radius 1 is 0.577 bits per heavy atom. The van der Waals surface area contributed by atoms with Crippen molar-refractivity contribution in [1.29, 1.82) is 0 Å². The van der Waals surface area contributed by atoms with E-state index in [1.165, 1.54) is 10.4 Å². The Morgan fingerprint density at radius 3 is 1.08 bits per heavy atom. The Morgan fingerprint density at radius 2 is 0.846 bits per heavy atom. The van der Waals surface area contributed by atoms with E-state index < -0.39 is 28.1 Å². The fourth-order valence-corrected chi connectivity index (χ4v) is 4.72. The third-order valence-electron chi connectivity index (χ3n) is 4.17. The highest BCUT2D eigenvalue weighted by atomic mass is 28.3. The van der Waals surface area contributed by atoms with Gasteiger partial charge in [-0.3, -0.25) is 0 Å². The van der Waals surface area contributed by atoms with Crippen molar-refractivity contribution >= 4 is 38.5 Å². The van der Waals surface area contributed by atoms with Crippen LogP contribution >= 0.6 is 0 Å². The molecule has 0 aromatic heterocycles. The van der Waals surface area contributed by atoms with Gasteiger partial charge in [-0.05, 0) is 24.3 Å². The largest absolute Gasteiger partial charge is 0.386 e. The van der Waals surface area contributed by atoms with Crippen molar-refractivity contribution in [2.45, 2.75) is 39.3 Å². The smallest absolute Gasteiger partial charge is 0.242 e. The van der Waals surface area contributed by atoms with Crippen molar-refractivity contribution in [2.24, 2.45) is 0 Å². The quantitative estimate of drug-likeness (QED) is 0.457. The summed E-state index contributed by atoms with van der Waals surface area (Å²) in [7, 11) is -2.85. The summed E-state index contributed by atoms with van der Waals surface area (Å²) in [5.41, 5.74) is 0.711. The van der Waals surface area contributed by atoms with Crippen molar-refractivity contribution in [1.82, 2.24) is 0 Å². The molecule has 4 nitrogen and oxygen atoms in total. The van der Waals surface area contributed by atoms with Gasteiger partial charge in [0.15, 0.2) is 0 Å². The first kappa shape index (κ1) is 20.1. The van der Waals surface area contributed by atoms with Gasteiger partial charge in [-0.25, -0.2) is 19.4 Å². The maximum Gasteiger partial charge on any atom is 0.386 e. The van der Waals surface area contributed by atoms with E-state index >= 15 is 0 Å². The Labute approximate surface area is 157 Å². The van der Waals surface area contributed by atoms with Crippen molar-refractivity contribution in [3.05, 3.63) is 59.7 Å². The molecule has 0 amide bonds. The number of rotatable bonds is 4. The molecule has 0 heterocycles. The van der Waals surface area contributed by atoms with Crippen LogP contribution in [0.5, 0.6) is 0 Å². The molecule has 0 atom stereocenters. The Balaban J connectivity index is 1.97. The first-order chi connectivity index (χ1) is 12.0. The van der Waals surface area contributed by atoms with Crippen LogP contribution in [0.3, 0.4) is 0 Å². The molecule has 0 radical (unpaired) electrons. The van der Waals surface area contributed by atoms with Crippen molar-refractivity contribution < 1.29 is 19.4 Å². The van der Waals surface area contributed by atoms with Gasteiger partial charge in [0, 0.05) is 0 Å². The molecule has 0 aliphatic heterocycles. The molecule has 2 aromatic carbocycles. The second-order valence-electron chi connectivity index (χ2n) is 8.40. The standard InChI is InChI=1S/C20H26O4Si2/c1-25(2,3)17-11-7-15(8-12-17)19(21)23-24-20(22)16-9-13-18(14-10-16)26(4,5)6/h7-14H,1-6H3. The minimum atomic E-state index is -1.42. The van der Waals surface area contributed by atoms with Crippen molar-refractivity contribution in [3.8, 4) is 0 Å². The molecule has 0 saturated heterocycles. The molecule has 2 aromatic rings. The monoisotopic (exact) mass is 386 g/mol. The predicted octanol–water partition coefficient (Wildman–Crippen LogP) is 3.71. The zero-order valence-electron chi connectivity index (χ0n) is 16.3. The lowest BCUT2D eigenvalue weighted by Gasteiger charge is -2.16. The average molecular weight is 387 g/mol. The molecule has 0 aliphatic rings. The normalized spacial score (nSPS) is 11.8. The fourth-order valence-electron chi connectivity index (χ4n) is 2.38. The van der Waals surface area contributed by atoms with Crippen LogP contribution in [0.25, 0.3) is 0 Å². The number of hydrogen-bond donors (Lipinski definition) is 0. The molecule has 26 heavy (non-hydrogen) atoms. The summed E-state index contributed by atoms with van der Waals surface area (Å²) in [5.74, 6) is -1.36. The van der Waals surface area contributed by atoms with Gasteiger partial charge >= 0.3 is 11.9 Å². The van der Waals surface area contributed by atoms with E-state index in [1.54, 1.807) is 24.3 Å². The van der Waals surface area contributed by atoms with Crippen LogP contribution in [0, 0.1) is 0 Å². The maximum absolute atomic E-state index is 12.0. The first-order valence-corrected chi connectivity index (χ1v) is 15.6. The van der Waals surface area contributed by atoms with Crippen LogP contribution in [0.2, 0.25) is 39.3 Å². The maximum atomic E-state index is 12.0. The molecule has 0 bridgehead atoms. The highest BCUT2D eigenvalue weighted by Gasteiger charge is 2.19. The van der Waals surface area contributed by atoms with Crippen molar-refractivity contribution in [3.63, 3.8) is 0 Å². The van der Waals surface area contributed by atoms with E-state index in [-0.39, 0.29) is 0 Å². The topological polar surface area (TPSA) is 52.6 Å². The van der Waals surface area contributed by atoms with Gasteiger partial charge in [0.1, 0.15) is 0 Å². The summed E-state index contributed by atoms with van der Waals surface area (Å²) < 4.78 is 0. The lowest BCUT2D eigenvalue weighted by atomic mass is 10.2. The highest BCUT2D eigenvalue weighted by molar-refractivity contribution is 6.89. The molecule has 0 fully saturated rings. The molecular formula is C20H26O4Si2. The van der Waals surface area contributed by atoms with E-state index in [0.717, 1.165) is 0 Å². The zero-order chi connectivity index (χ0) is 19.5. The summed E-state index contributed by atoms with van der Waals surface area (Å²) in [6.07, 6.45) is 0. The zero-order valence-corrected chi connectivity index (χ0v) is 18.3. The van der Waals surface area contributed by atoms with E-state index in [9.17, 15) is 9.59 Å². The van der Waals surface area contributed by atoms with Crippen LogP contribution in [0.15, 0.2) is 48.5 Å². The summed E-state index contributed by atoms with van der Waals surface area (Å²) in [6, 6.07) is 14.5. The molecule has 0 unspecified atom stereocenters.